The molecule has 4 heteroatoms. The Balaban J connectivity index is 2.46. The summed E-state index contributed by atoms with van der Waals surface area (Å²) in [5.74, 6) is 0.317. The van der Waals surface area contributed by atoms with Crippen molar-refractivity contribution in [1.29, 1.82) is 0 Å². The van der Waals surface area contributed by atoms with E-state index in [0.29, 0.717) is 12.4 Å². The maximum atomic E-state index is 11.0. The first-order chi connectivity index (χ1) is 7.63. The molecule has 0 radical (unpaired) electrons. The van der Waals surface area contributed by atoms with Crippen LogP contribution in [0.4, 0.5) is 5.69 Å². The Bertz CT molecular complexity index is 333. The summed E-state index contributed by atoms with van der Waals surface area (Å²) in [4.78, 5) is 13.0. The molecule has 16 heavy (non-hydrogen) atoms. The zero-order valence-electron chi connectivity index (χ0n) is 9.90. The van der Waals surface area contributed by atoms with Crippen molar-refractivity contribution < 1.29 is 14.3 Å². The summed E-state index contributed by atoms with van der Waals surface area (Å²) < 4.78 is 10.0. The second kappa shape index (κ2) is 6.00. The molecule has 0 aliphatic heterocycles. The molecule has 0 N–H and O–H groups in total. The SMILES string of the molecule is CCOC(=O)COc1ccc(N(C)C)cc1. The van der Waals surface area contributed by atoms with Crippen molar-refractivity contribution in [2.45, 2.75) is 6.92 Å². The average molecular weight is 223 g/mol. The van der Waals surface area contributed by atoms with Crippen LogP contribution in [0, 0.1) is 0 Å². The van der Waals surface area contributed by atoms with Crippen LogP contribution in [0.5, 0.6) is 5.75 Å². The molecule has 1 aromatic rings. The fourth-order valence-corrected chi connectivity index (χ4v) is 1.19. The van der Waals surface area contributed by atoms with Gasteiger partial charge in [0.1, 0.15) is 5.75 Å². The summed E-state index contributed by atoms with van der Waals surface area (Å²) in [6, 6.07) is 7.52. The van der Waals surface area contributed by atoms with Crippen LogP contribution in [-0.4, -0.2) is 33.3 Å². The van der Waals surface area contributed by atoms with E-state index in [4.69, 9.17) is 9.47 Å². The van der Waals surface area contributed by atoms with E-state index < -0.39 is 0 Å². The number of rotatable bonds is 5. The van der Waals surface area contributed by atoms with E-state index >= 15 is 0 Å². The molecule has 0 saturated heterocycles. The van der Waals surface area contributed by atoms with Crippen molar-refractivity contribution >= 4 is 11.7 Å². The molecule has 1 aromatic carbocycles. The first-order valence-corrected chi connectivity index (χ1v) is 5.19. The Morgan fingerprint density at radius 3 is 2.38 bits per heavy atom. The van der Waals surface area contributed by atoms with E-state index in [0.717, 1.165) is 5.69 Å². The first-order valence-electron chi connectivity index (χ1n) is 5.19. The van der Waals surface area contributed by atoms with Gasteiger partial charge in [-0.2, -0.15) is 0 Å². The highest BCUT2D eigenvalue weighted by Crippen LogP contribution is 2.17. The summed E-state index contributed by atoms with van der Waals surface area (Å²) in [5.41, 5.74) is 1.09. The zero-order chi connectivity index (χ0) is 12.0. The monoisotopic (exact) mass is 223 g/mol. The van der Waals surface area contributed by atoms with E-state index in [1.54, 1.807) is 6.92 Å². The number of hydrogen-bond acceptors (Lipinski definition) is 4. The number of carbonyl (C=O) groups is 1. The molecule has 0 aliphatic rings. The fourth-order valence-electron chi connectivity index (χ4n) is 1.19. The van der Waals surface area contributed by atoms with Gasteiger partial charge in [-0.05, 0) is 31.2 Å². The summed E-state index contributed by atoms with van der Waals surface area (Å²) in [6.07, 6.45) is 0. The number of anilines is 1. The molecule has 0 aliphatic carbocycles. The Hall–Kier alpha value is -1.71. The van der Waals surface area contributed by atoms with Gasteiger partial charge in [0.05, 0.1) is 6.61 Å². The minimum absolute atomic E-state index is 0.0465. The lowest BCUT2D eigenvalue weighted by Crippen LogP contribution is -2.14. The lowest BCUT2D eigenvalue weighted by Gasteiger charge is -2.12. The van der Waals surface area contributed by atoms with Crippen molar-refractivity contribution in [3.8, 4) is 5.75 Å². The third-order valence-corrected chi connectivity index (χ3v) is 2.02. The number of hydrogen-bond donors (Lipinski definition) is 0. The van der Waals surface area contributed by atoms with Gasteiger partial charge in [-0.25, -0.2) is 4.79 Å². The number of esters is 1. The Labute approximate surface area is 95.8 Å². The molecule has 0 unspecified atom stereocenters. The standard InChI is InChI=1S/C12H17NO3/c1-4-15-12(14)9-16-11-7-5-10(6-8-11)13(2)3/h5-8H,4,9H2,1-3H3. The average Bonchev–Trinajstić information content (AvgIpc) is 2.27. The molecule has 0 saturated carbocycles. The van der Waals surface area contributed by atoms with Crippen molar-refractivity contribution in [2.75, 3.05) is 32.2 Å². The highest BCUT2D eigenvalue weighted by atomic mass is 16.6. The normalized spacial score (nSPS) is 9.69. The molecule has 0 amide bonds. The van der Waals surface area contributed by atoms with Crippen LogP contribution in [-0.2, 0) is 9.53 Å². The van der Waals surface area contributed by atoms with Gasteiger partial charge in [0.15, 0.2) is 6.61 Å². The molecule has 0 aromatic heterocycles. The molecule has 88 valence electrons. The highest BCUT2D eigenvalue weighted by Gasteiger charge is 2.03. The van der Waals surface area contributed by atoms with Crippen LogP contribution in [0.25, 0.3) is 0 Å². The smallest absolute Gasteiger partial charge is 0.344 e. The van der Waals surface area contributed by atoms with E-state index in [9.17, 15) is 4.79 Å². The predicted molar refractivity (Wildman–Crippen MR) is 62.9 cm³/mol. The maximum Gasteiger partial charge on any atom is 0.344 e. The van der Waals surface area contributed by atoms with Crippen LogP contribution >= 0.6 is 0 Å². The maximum absolute atomic E-state index is 11.0. The van der Waals surface area contributed by atoms with Gasteiger partial charge in [0.25, 0.3) is 0 Å². The second-order valence-electron chi connectivity index (χ2n) is 3.48. The topological polar surface area (TPSA) is 38.8 Å². The Kier molecular flexibility index (Phi) is 4.64. The predicted octanol–water partition coefficient (Wildman–Crippen LogP) is 1.69. The lowest BCUT2D eigenvalue weighted by molar-refractivity contribution is -0.145. The van der Waals surface area contributed by atoms with Gasteiger partial charge < -0.3 is 14.4 Å². The minimum atomic E-state index is -0.348. The molecular weight excluding hydrogens is 206 g/mol. The third-order valence-electron chi connectivity index (χ3n) is 2.02. The summed E-state index contributed by atoms with van der Waals surface area (Å²) >= 11 is 0. The molecule has 0 spiro atoms. The third kappa shape index (κ3) is 3.81. The van der Waals surface area contributed by atoms with Gasteiger partial charge in [0.2, 0.25) is 0 Å². The van der Waals surface area contributed by atoms with Crippen LogP contribution in [0.15, 0.2) is 24.3 Å². The molecule has 1 rings (SSSR count). The lowest BCUT2D eigenvalue weighted by atomic mass is 10.3. The van der Waals surface area contributed by atoms with Gasteiger partial charge in [0, 0.05) is 19.8 Å². The molecule has 0 bridgehead atoms. The quantitative estimate of drug-likeness (QED) is 0.712. The molecule has 4 nitrogen and oxygen atoms in total. The molecule has 0 atom stereocenters. The van der Waals surface area contributed by atoms with Crippen molar-refractivity contribution in [3.05, 3.63) is 24.3 Å². The van der Waals surface area contributed by atoms with Gasteiger partial charge in [-0.3, -0.25) is 0 Å². The van der Waals surface area contributed by atoms with Crippen LogP contribution in [0.1, 0.15) is 6.92 Å². The highest BCUT2D eigenvalue weighted by molar-refractivity contribution is 5.71. The summed E-state index contributed by atoms with van der Waals surface area (Å²) in [6.45, 7) is 2.10. The molecule has 0 fully saturated rings. The van der Waals surface area contributed by atoms with Crippen molar-refractivity contribution in [3.63, 3.8) is 0 Å². The number of carbonyl (C=O) groups excluding carboxylic acids is 1. The Morgan fingerprint density at radius 2 is 1.88 bits per heavy atom. The van der Waals surface area contributed by atoms with E-state index in [1.807, 2.05) is 43.3 Å². The van der Waals surface area contributed by atoms with Gasteiger partial charge in [-0.15, -0.1) is 0 Å². The van der Waals surface area contributed by atoms with Crippen LogP contribution < -0.4 is 9.64 Å². The van der Waals surface area contributed by atoms with Crippen molar-refractivity contribution in [2.24, 2.45) is 0 Å². The van der Waals surface area contributed by atoms with Crippen LogP contribution in [0.3, 0.4) is 0 Å². The van der Waals surface area contributed by atoms with E-state index in [-0.39, 0.29) is 12.6 Å². The van der Waals surface area contributed by atoms with Crippen LogP contribution in [0.2, 0.25) is 0 Å². The van der Waals surface area contributed by atoms with E-state index in [1.165, 1.54) is 0 Å². The van der Waals surface area contributed by atoms with Crippen molar-refractivity contribution in [1.82, 2.24) is 0 Å². The summed E-state index contributed by atoms with van der Waals surface area (Å²) in [7, 11) is 3.93. The zero-order valence-corrected chi connectivity index (χ0v) is 9.90. The Morgan fingerprint density at radius 1 is 1.25 bits per heavy atom. The number of benzene rings is 1. The molecule has 0 heterocycles. The first kappa shape index (κ1) is 12.4. The second-order valence-corrected chi connectivity index (χ2v) is 3.48. The minimum Gasteiger partial charge on any atom is -0.482 e. The molecular formula is C12H17NO3. The number of nitrogens with zero attached hydrogens (tertiary/aromatic N) is 1. The summed E-state index contributed by atoms with van der Waals surface area (Å²) in [5, 5.41) is 0. The van der Waals surface area contributed by atoms with E-state index in [2.05, 4.69) is 0 Å². The van der Waals surface area contributed by atoms with Gasteiger partial charge >= 0.3 is 5.97 Å². The number of ether oxygens (including phenoxy) is 2. The fraction of sp³-hybridized carbons (Fsp3) is 0.417. The largest absolute Gasteiger partial charge is 0.482 e. The van der Waals surface area contributed by atoms with Gasteiger partial charge in [-0.1, -0.05) is 0 Å².